The third-order valence-corrected chi connectivity index (χ3v) is 19.7. The van der Waals surface area contributed by atoms with E-state index >= 15 is 9.18 Å². The predicted octanol–water partition coefficient (Wildman–Crippen LogP) is 7.71. The molecule has 20 nitrogen and oxygen atoms in total. The first-order chi connectivity index (χ1) is 41.8. The van der Waals surface area contributed by atoms with Crippen molar-refractivity contribution in [1.82, 2.24) is 44.8 Å². The van der Waals surface area contributed by atoms with Crippen molar-refractivity contribution in [3.63, 3.8) is 0 Å². The number of benzene rings is 3. The Morgan fingerprint density at radius 2 is 1.52 bits per heavy atom. The summed E-state index contributed by atoms with van der Waals surface area (Å²) in [6.45, 7) is 14.4. The molecule has 3 N–H and O–H groups in total. The number of piperidine rings is 4. The maximum atomic E-state index is 16.0. The fourth-order valence-electron chi connectivity index (χ4n) is 14.8. The lowest BCUT2D eigenvalue weighted by Crippen LogP contribution is -2.58. The van der Waals surface area contributed by atoms with Gasteiger partial charge in [-0.3, -0.25) is 48.6 Å². The van der Waals surface area contributed by atoms with E-state index < -0.39 is 40.9 Å². The number of amides is 8. The van der Waals surface area contributed by atoms with Crippen LogP contribution < -0.4 is 25.8 Å². The molecule has 5 fully saturated rings. The third-order valence-electron chi connectivity index (χ3n) is 19.7. The molecule has 1 atom stereocenters. The zero-order valence-electron chi connectivity index (χ0n) is 50.1. The zero-order chi connectivity index (χ0) is 60.7. The molecule has 13 rings (SSSR count). The van der Waals surface area contributed by atoms with Gasteiger partial charge < -0.3 is 39.7 Å². The highest BCUT2D eigenvalue weighted by Gasteiger charge is 2.56. The monoisotopic (exact) mass is 1180 g/mol. The van der Waals surface area contributed by atoms with E-state index in [1.165, 1.54) is 31.4 Å². The third kappa shape index (κ3) is 10.3. The molecular formula is C66H75FN12O8. The fourth-order valence-corrected chi connectivity index (χ4v) is 14.8. The van der Waals surface area contributed by atoms with Gasteiger partial charge in [0.05, 0.1) is 39.8 Å². The highest BCUT2D eigenvalue weighted by molar-refractivity contribution is 6.24. The van der Waals surface area contributed by atoms with Crippen molar-refractivity contribution in [2.75, 3.05) is 67.5 Å². The van der Waals surface area contributed by atoms with Gasteiger partial charge in [0.25, 0.3) is 17.7 Å². The van der Waals surface area contributed by atoms with Gasteiger partial charge in [-0.1, -0.05) is 24.6 Å². The zero-order valence-corrected chi connectivity index (χ0v) is 50.1. The van der Waals surface area contributed by atoms with Crippen LogP contribution in [0.1, 0.15) is 153 Å². The van der Waals surface area contributed by atoms with Crippen LogP contribution in [0.4, 0.5) is 27.3 Å². The minimum absolute atomic E-state index is 0.00134. The molecule has 87 heavy (non-hydrogen) atoms. The van der Waals surface area contributed by atoms with E-state index in [1.807, 2.05) is 60.3 Å². The highest BCUT2D eigenvalue weighted by atomic mass is 19.1. The Balaban J connectivity index is 0.694. The molecule has 21 heteroatoms. The molecule has 4 saturated heterocycles. The van der Waals surface area contributed by atoms with Crippen molar-refractivity contribution >= 4 is 81.2 Å². The van der Waals surface area contributed by atoms with Crippen LogP contribution in [0.15, 0.2) is 72.6 Å². The van der Waals surface area contributed by atoms with Crippen LogP contribution >= 0.6 is 0 Å². The first-order valence-corrected chi connectivity index (χ1v) is 31.2. The number of carbonyl (C=O) groups excluding carboxylic acids is 8. The summed E-state index contributed by atoms with van der Waals surface area (Å²) in [4.78, 5) is 130. The second-order valence-electron chi connectivity index (χ2n) is 25.7. The summed E-state index contributed by atoms with van der Waals surface area (Å²) in [5.41, 5.74) is 6.48. The Labute approximate surface area is 504 Å². The van der Waals surface area contributed by atoms with Gasteiger partial charge in [0.15, 0.2) is 5.82 Å². The van der Waals surface area contributed by atoms with Gasteiger partial charge in [0.1, 0.15) is 17.4 Å². The second kappa shape index (κ2) is 22.7. The number of rotatable bonds is 12. The fraction of sp³-hybridized carbons (Fsp3) is 0.485. The van der Waals surface area contributed by atoms with Crippen molar-refractivity contribution in [3.8, 4) is 11.3 Å². The smallest absolute Gasteiger partial charge is 0.262 e. The number of imide groups is 2. The van der Waals surface area contributed by atoms with Crippen LogP contribution in [0, 0.1) is 18.7 Å². The van der Waals surface area contributed by atoms with E-state index in [4.69, 9.17) is 9.97 Å². The van der Waals surface area contributed by atoms with Crippen molar-refractivity contribution in [3.05, 3.63) is 106 Å². The Morgan fingerprint density at radius 1 is 0.770 bits per heavy atom. The Hall–Kier alpha value is -8.33. The molecule has 454 valence electrons. The van der Waals surface area contributed by atoms with Gasteiger partial charge in [-0.2, -0.15) is 0 Å². The number of hydrogen-bond acceptors (Lipinski definition) is 13. The molecule has 3 aromatic carbocycles. The maximum Gasteiger partial charge on any atom is 0.262 e. The van der Waals surface area contributed by atoms with E-state index in [-0.39, 0.29) is 77.3 Å². The Kier molecular flexibility index (Phi) is 15.1. The minimum atomic E-state index is -1.04. The summed E-state index contributed by atoms with van der Waals surface area (Å²) in [6, 6.07) is 15.3. The summed E-state index contributed by atoms with van der Waals surface area (Å²) in [6.07, 6.45) is 11.7. The van der Waals surface area contributed by atoms with Crippen LogP contribution in [0.5, 0.6) is 0 Å². The molecule has 5 aromatic rings. The number of nitrogens with one attached hydrogen (secondary N) is 3. The summed E-state index contributed by atoms with van der Waals surface area (Å²) in [5.74, 6) is -2.82. The molecule has 1 spiro atoms. The van der Waals surface area contributed by atoms with Gasteiger partial charge in [-0.25, -0.2) is 14.4 Å². The topological polar surface area (TPSA) is 223 Å². The maximum absolute atomic E-state index is 16.0. The number of imidazole rings is 1. The lowest BCUT2D eigenvalue weighted by molar-refractivity contribution is -0.137. The number of carbonyl (C=O) groups is 8. The van der Waals surface area contributed by atoms with Gasteiger partial charge in [0, 0.05) is 104 Å². The molecule has 1 aliphatic carbocycles. The van der Waals surface area contributed by atoms with E-state index in [0.29, 0.717) is 117 Å². The van der Waals surface area contributed by atoms with Crippen molar-refractivity contribution < 1.29 is 42.7 Å². The number of halogens is 1. The average Bonchev–Trinajstić information content (AvgIpc) is 1.58. The number of aryl methyl sites for hydroxylation is 1. The largest absolute Gasteiger partial charge is 0.371 e. The summed E-state index contributed by atoms with van der Waals surface area (Å²) in [7, 11) is 0. The van der Waals surface area contributed by atoms with Crippen molar-refractivity contribution in [2.24, 2.45) is 5.92 Å². The second-order valence-corrected chi connectivity index (χ2v) is 25.7. The number of fused-ring (bicyclic) bond motifs is 4. The average molecular weight is 1180 g/mol. The summed E-state index contributed by atoms with van der Waals surface area (Å²) >= 11 is 0. The molecular weight excluding hydrogens is 1110 g/mol. The van der Waals surface area contributed by atoms with Crippen LogP contribution in [0.25, 0.3) is 22.3 Å². The van der Waals surface area contributed by atoms with Gasteiger partial charge in [-0.15, -0.1) is 0 Å². The number of nitrogens with zero attached hydrogens (tertiary/aromatic N) is 9. The van der Waals surface area contributed by atoms with Gasteiger partial charge in [-0.05, 0) is 166 Å². The van der Waals surface area contributed by atoms with Crippen LogP contribution in [-0.4, -0.2) is 158 Å². The molecule has 1 saturated carbocycles. The number of aromatic nitrogens is 3. The number of likely N-dealkylation sites (tertiary alicyclic amines) is 2. The van der Waals surface area contributed by atoms with E-state index in [2.05, 4.69) is 42.8 Å². The van der Waals surface area contributed by atoms with E-state index in [9.17, 15) is 33.6 Å². The van der Waals surface area contributed by atoms with Crippen LogP contribution in [0.3, 0.4) is 0 Å². The lowest BCUT2D eigenvalue weighted by atomic mass is 9.73. The van der Waals surface area contributed by atoms with E-state index in [1.54, 1.807) is 31.5 Å². The molecule has 2 aromatic heterocycles. The molecule has 0 unspecified atom stereocenters. The van der Waals surface area contributed by atoms with Gasteiger partial charge in [0.2, 0.25) is 29.5 Å². The first kappa shape index (κ1) is 57.7. The van der Waals surface area contributed by atoms with E-state index in [0.717, 1.165) is 53.3 Å². The Bertz CT molecular complexity index is 3730. The highest BCUT2D eigenvalue weighted by Crippen LogP contribution is 2.52. The normalized spacial score (nSPS) is 22.5. The molecule has 7 aliphatic heterocycles. The number of hydrogen-bond donors (Lipinski definition) is 3. The first-order valence-electron chi connectivity index (χ1n) is 31.2. The Morgan fingerprint density at radius 3 is 2.22 bits per heavy atom. The predicted molar refractivity (Wildman–Crippen MR) is 325 cm³/mol. The van der Waals surface area contributed by atoms with Crippen molar-refractivity contribution in [1.29, 1.82) is 0 Å². The standard InChI is InChI=1S/C66H75FN12O8/c1-37(2)69-59(81)47-34-52(50(67)29-39(47)5)71-58-57-53(68-36-77(57)38(3)4)35-51(70-58)42-9-12-49-55(30-42)78(45-31-44(32-45)73-21-7-6-8-22-73)65(87)66(49)19-27-76(28-20-66)62(84)41-17-25-75(26-18-41)61(83)40-15-23-74(24-16-40)43-10-11-46-48(33-43)64(86)79(63(46)85)54-13-14-56(80)72-60(54)82/h9-12,17,29-30,33-38,40,44-45,54H,6-8,13-16,18-28,31-32H2,1-5H3,(H,69,81)(H,70,71)(H,72,80,82)/t44?,45?,54-/m1/s1. The summed E-state index contributed by atoms with van der Waals surface area (Å²) in [5, 5.41) is 8.42. The molecule has 8 amide bonds. The molecule has 0 radical (unpaired) electrons. The molecule has 0 bridgehead atoms. The lowest BCUT2D eigenvalue weighted by Gasteiger charge is -2.48. The number of pyridine rings is 1. The van der Waals surface area contributed by atoms with Crippen LogP contribution in [0.2, 0.25) is 0 Å². The molecule has 8 aliphatic rings. The minimum Gasteiger partial charge on any atom is -0.371 e. The number of anilines is 4. The summed E-state index contributed by atoms with van der Waals surface area (Å²) < 4.78 is 18.0. The van der Waals surface area contributed by atoms with Crippen molar-refractivity contribution in [2.45, 2.75) is 147 Å². The SMILES string of the molecule is Cc1cc(F)c(Nc2nc(-c3ccc4c(c3)N(C3CC(N5CCCCC5)C3)C(=O)C43CCN(C(=O)C4=CCN(C(=O)C5CCN(c6ccc7c(c6)C(=O)N([C@@H]6CCC(=O)NC6=O)C7=O)CC5)CC4)CC3)cc3ncn(C(C)C)c23)cc1C(=O)NC(C)C. The quantitative estimate of drug-likeness (QED) is 0.102. The van der Waals surface area contributed by atoms with Crippen LogP contribution in [-0.2, 0) is 29.4 Å². The van der Waals surface area contributed by atoms with Gasteiger partial charge >= 0.3 is 0 Å². The molecule has 9 heterocycles.